The van der Waals surface area contributed by atoms with Crippen molar-refractivity contribution in [3.05, 3.63) is 71.5 Å². The molecule has 0 unspecified atom stereocenters. The lowest BCUT2D eigenvalue weighted by molar-refractivity contribution is 0.101. The zero-order valence-electron chi connectivity index (χ0n) is 15.1. The van der Waals surface area contributed by atoms with Crippen molar-refractivity contribution in [3.63, 3.8) is 0 Å². The quantitative estimate of drug-likeness (QED) is 0.614. The van der Waals surface area contributed by atoms with E-state index in [4.69, 9.17) is 4.52 Å². The van der Waals surface area contributed by atoms with E-state index in [-0.39, 0.29) is 22.1 Å². The second kappa shape index (κ2) is 7.65. The summed E-state index contributed by atoms with van der Waals surface area (Å²) in [5.74, 6) is 0.0815. The average Bonchev–Trinajstić information content (AvgIpc) is 3.06. The van der Waals surface area contributed by atoms with Crippen LogP contribution in [-0.2, 0) is 10.0 Å². The molecule has 1 aromatic heterocycles. The molecule has 3 rings (SSSR count). The maximum atomic E-state index is 12.3. The normalized spacial score (nSPS) is 11.1. The number of benzene rings is 2. The highest BCUT2D eigenvalue weighted by Crippen LogP contribution is 2.17. The van der Waals surface area contributed by atoms with Crippen LogP contribution in [0.1, 0.15) is 33.4 Å². The average molecular weight is 399 g/mol. The number of carbonyl (C=O) groups is 2. The van der Waals surface area contributed by atoms with Crippen molar-refractivity contribution in [1.29, 1.82) is 0 Å². The Morgan fingerprint density at radius 1 is 0.964 bits per heavy atom. The number of anilines is 2. The number of sulfonamides is 1. The summed E-state index contributed by atoms with van der Waals surface area (Å²) in [6.45, 7) is 3.10. The highest BCUT2D eigenvalue weighted by Gasteiger charge is 2.17. The van der Waals surface area contributed by atoms with Gasteiger partial charge < -0.3 is 9.84 Å². The number of aromatic nitrogens is 1. The van der Waals surface area contributed by atoms with E-state index in [2.05, 4.69) is 15.2 Å². The van der Waals surface area contributed by atoms with Crippen LogP contribution in [0.25, 0.3) is 0 Å². The van der Waals surface area contributed by atoms with Gasteiger partial charge >= 0.3 is 0 Å². The van der Waals surface area contributed by atoms with Gasteiger partial charge in [0.2, 0.25) is 0 Å². The Balaban J connectivity index is 1.70. The van der Waals surface area contributed by atoms with Crippen molar-refractivity contribution in [1.82, 2.24) is 5.16 Å². The van der Waals surface area contributed by atoms with Crippen LogP contribution in [-0.4, -0.2) is 25.3 Å². The zero-order chi connectivity index (χ0) is 20.3. The van der Waals surface area contributed by atoms with Gasteiger partial charge in [0.15, 0.2) is 11.6 Å². The van der Waals surface area contributed by atoms with Crippen LogP contribution in [0.5, 0.6) is 0 Å². The number of nitrogens with one attached hydrogen (secondary N) is 2. The number of hydrogen-bond donors (Lipinski definition) is 2. The number of hydrogen-bond acceptors (Lipinski definition) is 6. The summed E-state index contributed by atoms with van der Waals surface area (Å²) in [4.78, 5) is 23.6. The Hall–Kier alpha value is -3.46. The van der Waals surface area contributed by atoms with Gasteiger partial charge in [-0.2, -0.15) is 0 Å². The van der Waals surface area contributed by atoms with Crippen LogP contribution in [0.4, 0.5) is 11.5 Å². The van der Waals surface area contributed by atoms with Crippen molar-refractivity contribution in [2.75, 3.05) is 10.0 Å². The number of aryl methyl sites for hydroxylation is 1. The highest BCUT2D eigenvalue weighted by atomic mass is 32.2. The first kappa shape index (κ1) is 19.3. The van der Waals surface area contributed by atoms with Gasteiger partial charge in [0.05, 0.1) is 4.90 Å². The fourth-order valence-electron chi connectivity index (χ4n) is 2.39. The van der Waals surface area contributed by atoms with Crippen LogP contribution in [0.3, 0.4) is 0 Å². The van der Waals surface area contributed by atoms with Gasteiger partial charge in [-0.15, -0.1) is 0 Å². The Kier molecular flexibility index (Phi) is 5.27. The molecule has 0 aliphatic heterocycles. The van der Waals surface area contributed by atoms with Gasteiger partial charge in [0.1, 0.15) is 5.76 Å². The number of nitrogens with zero attached hydrogens (tertiary/aromatic N) is 1. The molecule has 9 heteroatoms. The maximum absolute atomic E-state index is 12.3. The van der Waals surface area contributed by atoms with Crippen LogP contribution >= 0.6 is 0 Å². The van der Waals surface area contributed by atoms with Crippen molar-refractivity contribution < 1.29 is 22.5 Å². The smallest absolute Gasteiger partial charge is 0.263 e. The van der Waals surface area contributed by atoms with Gasteiger partial charge in [0.25, 0.3) is 15.9 Å². The first-order chi connectivity index (χ1) is 13.2. The molecular formula is C19H17N3O5S. The molecule has 3 aromatic rings. The van der Waals surface area contributed by atoms with E-state index in [1.807, 2.05) is 0 Å². The summed E-state index contributed by atoms with van der Waals surface area (Å²) < 4.78 is 31.8. The zero-order valence-corrected chi connectivity index (χ0v) is 15.9. The molecule has 28 heavy (non-hydrogen) atoms. The van der Waals surface area contributed by atoms with Crippen molar-refractivity contribution in [3.8, 4) is 0 Å². The molecule has 0 radical (unpaired) electrons. The largest absolute Gasteiger partial charge is 0.360 e. The lowest BCUT2D eigenvalue weighted by atomic mass is 10.1. The molecule has 1 heterocycles. The molecule has 0 saturated carbocycles. The molecule has 8 nitrogen and oxygen atoms in total. The molecule has 0 aliphatic carbocycles. The standard InChI is InChI=1S/C19H17N3O5S/c1-12-11-18(21-27-12)22-28(25,26)17-9-5-15(6-10-17)19(24)20-16-7-3-14(4-8-16)13(2)23/h3-11H,1-2H3,(H,20,24)(H,21,22). The van der Waals surface area contributed by atoms with Gasteiger partial charge in [-0.05, 0) is 62.4 Å². The topological polar surface area (TPSA) is 118 Å². The molecule has 0 fully saturated rings. The maximum Gasteiger partial charge on any atom is 0.263 e. The van der Waals surface area contributed by atoms with Crippen molar-refractivity contribution >= 4 is 33.2 Å². The third kappa shape index (κ3) is 4.44. The van der Waals surface area contributed by atoms with E-state index in [0.717, 1.165) is 0 Å². The molecule has 0 atom stereocenters. The van der Waals surface area contributed by atoms with Crippen LogP contribution in [0, 0.1) is 6.92 Å². The first-order valence-corrected chi connectivity index (χ1v) is 9.71. The van der Waals surface area contributed by atoms with Crippen molar-refractivity contribution in [2.24, 2.45) is 0 Å². The minimum absolute atomic E-state index is 0.0180. The molecule has 0 aliphatic rings. The Bertz CT molecular complexity index is 1120. The number of amides is 1. The second-order valence-corrected chi connectivity index (χ2v) is 7.72. The molecule has 2 aromatic carbocycles. The lowest BCUT2D eigenvalue weighted by Crippen LogP contribution is -2.15. The van der Waals surface area contributed by atoms with E-state index in [0.29, 0.717) is 17.0 Å². The number of Topliss-reactive ketones (excluding diaryl/α,β-unsaturated/α-hetero) is 1. The van der Waals surface area contributed by atoms with Gasteiger partial charge in [-0.25, -0.2) is 8.42 Å². The van der Waals surface area contributed by atoms with E-state index >= 15 is 0 Å². The number of carbonyl (C=O) groups excluding carboxylic acids is 2. The number of ketones is 1. The Morgan fingerprint density at radius 2 is 1.57 bits per heavy atom. The summed E-state index contributed by atoms with van der Waals surface area (Å²) >= 11 is 0. The van der Waals surface area contributed by atoms with E-state index in [9.17, 15) is 18.0 Å². The third-order valence-electron chi connectivity index (χ3n) is 3.84. The molecule has 144 valence electrons. The van der Waals surface area contributed by atoms with Gasteiger partial charge in [-0.3, -0.25) is 14.3 Å². The second-order valence-electron chi connectivity index (χ2n) is 6.04. The monoisotopic (exact) mass is 399 g/mol. The predicted molar refractivity (Wildman–Crippen MR) is 103 cm³/mol. The molecule has 0 bridgehead atoms. The fraction of sp³-hybridized carbons (Fsp3) is 0.105. The minimum atomic E-state index is -3.85. The summed E-state index contributed by atoms with van der Waals surface area (Å²) in [5, 5.41) is 6.27. The van der Waals surface area contributed by atoms with E-state index in [1.165, 1.54) is 37.3 Å². The summed E-state index contributed by atoms with van der Waals surface area (Å²) in [5.41, 5.74) is 1.35. The van der Waals surface area contributed by atoms with Crippen LogP contribution in [0.15, 0.2) is 64.0 Å². The molecule has 2 N–H and O–H groups in total. The first-order valence-electron chi connectivity index (χ1n) is 8.23. The summed E-state index contributed by atoms with van der Waals surface area (Å²) in [6, 6.07) is 13.4. The van der Waals surface area contributed by atoms with E-state index in [1.54, 1.807) is 31.2 Å². The Morgan fingerprint density at radius 3 is 2.11 bits per heavy atom. The molecule has 0 spiro atoms. The van der Waals surface area contributed by atoms with E-state index < -0.39 is 15.9 Å². The molecule has 1 amide bonds. The summed E-state index contributed by atoms with van der Waals surface area (Å²) in [6.07, 6.45) is 0. The SMILES string of the molecule is CC(=O)c1ccc(NC(=O)c2ccc(S(=O)(=O)Nc3cc(C)on3)cc2)cc1. The molecule has 0 saturated heterocycles. The lowest BCUT2D eigenvalue weighted by Gasteiger charge is -2.08. The minimum Gasteiger partial charge on any atom is -0.360 e. The molecular weight excluding hydrogens is 382 g/mol. The predicted octanol–water partition coefficient (Wildman–Crippen LogP) is 3.24. The highest BCUT2D eigenvalue weighted by molar-refractivity contribution is 7.92. The fourth-order valence-corrected chi connectivity index (χ4v) is 3.37. The van der Waals surface area contributed by atoms with Crippen LogP contribution in [0.2, 0.25) is 0 Å². The van der Waals surface area contributed by atoms with Gasteiger partial charge in [-0.1, -0.05) is 5.16 Å². The summed E-state index contributed by atoms with van der Waals surface area (Å²) in [7, 11) is -3.85. The van der Waals surface area contributed by atoms with Crippen molar-refractivity contribution in [2.45, 2.75) is 18.7 Å². The van der Waals surface area contributed by atoms with Gasteiger partial charge in [0, 0.05) is 22.9 Å². The van der Waals surface area contributed by atoms with Crippen LogP contribution < -0.4 is 10.0 Å². The third-order valence-corrected chi connectivity index (χ3v) is 5.21. The number of rotatable bonds is 6. The Labute approximate surface area is 161 Å².